The molecule has 0 aliphatic carbocycles. The highest BCUT2D eigenvalue weighted by molar-refractivity contribution is 6.30. The summed E-state index contributed by atoms with van der Waals surface area (Å²) in [4.78, 5) is 0. The molecule has 0 fully saturated rings. The first kappa shape index (κ1) is 14.2. The van der Waals surface area contributed by atoms with Crippen LogP contribution in [-0.4, -0.2) is 6.61 Å². The maximum atomic E-state index is 6.29. The SMILES string of the molecule is CCOc1ccccc1C1CC(N)c2cc(Cl)ccc2O1. The number of benzene rings is 2. The second-order valence-corrected chi connectivity index (χ2v) is 5.54. The predicted molar refractivity (Wildman–Crippen MR) is 84.0 cm³/mol. The molecular formula is C17H18ClNO2. The van der Waals surface area contributed by atoms with E-state index in [2.05, 4.69) is 0 Å². The van der Waals surface area contributed by atoms with Crippen molar-refractivity contribution in [1.29, 1.82) is 0 Å². The lowest BCUT2D eigenvalue weighted by Gasteiger charge is -2.31. The molecule has 2 unspecified atom stereocenters. The van der Waals surface area contributed by atoms with E-state index in [1.54, 1.807) is 0 Å². The fourth-order valence-electron chi connectivity index (χ4n) is 2.70. The summed E-state index contributed by atoms with van der Waals surface area (Å²) in [6.45, 7) is 2.60. The minimum Gasteiger partial charge on any atom is -0.493 e. The van der Waals surface area contributed by atoms with Crippen LogP contribution in [0.2, 0.25) is 5.02 Å². The first-order valence-corrected chi connectivity index (χ1v) is 7.50. The summed E-state index contributed by atoms with van der Waals surface area (Å²) in [5.74, 6) is 1.66. The molecule has 2 atom stereocenters. The minimum absolute atomic E-state index is 0.0906. The zero-order valence-electron chi connectivity index (χ0n) is 11.9. The smallest absolute Gasteiger partial charge is 0.129 e. The zero-order chi connectivity index (χ0) is 14.8. The molecule has 1 aliphatic rings. The molecule has 0 saturated heterocycles. The Balaban J connectivity index is 1.94. The molecule has 3 rings (SSSR count). The van der Waals surface area contributed by atoms with E-state index in [0.717, 1.165) is 22.6 Å². The van der Waals surface area contributed by atoms with Crippen LogP contribution in [0.15, 0.2) is 42.5 Å². The van der Waals surface area contributed by atoms with E-state index in [-0.39, 0.29) is 12.1 Å². The number of halogens is 1. The second-order valence-electron chi connectivity index (χ2n) is 5.10. The van der Waals surface area contributed by atoms with Crippen molar-refractivity contribution in [1.82, 2.24) is 0 Å². The van der Waals surface area contributed by atoms with Crippen molar-refractivity contribution in [2.24, 2.45) is 5.73 Å². The molecule has 110 valence electrons. The Labute approximate surface area is 129 Å². The molecule has 21 heavy (non-hydrogen) atoms. The van der Waals surface area contributed by atoms with Crippen molar-refractivity contribution >= 4 is 11.6 Å². The van der Waals surface area contributed by atoms with Crippen LogP contribution in [0.1, 0.15) is 36.6 Å². The van der Waals surface area contributed by atoms with Gasteiger partial charge in [-0.1, -0.05) is 29.8 Å². The third-order valence-electron chi connectivity index (χ3n) is 3.67. The van der Waals surface area contributed by atoms with Crippen molar-refractivity contribution in [3.05, 3.63) is 58.6 Å². The van der Waals surface area contributed by atoms with Gasteiger partial charge in [-0.15, -0.1) is 0 Å². The summed E-state index contributed by atoms with van der Waals surface area (Å²) in [7, 11) is 0. The maximum Gasteiger partial charge on any atom is 0.129 e. The van der Waals surface area contributed by atoms with Gasteiger partial charge in [0.2, 0.25) is 0 Å². The quantitative estimate of drug-likeness (QED) is 0.921. The molecule has 0 amide bonds. The van der Waals surface area contributed by atoms with Crippen molar-refractivity contribution < 1.29 is 9.47 Å². The van der Waals surface area contributed by atoms with Crippen LogP contribution >= 0.6 is 11.6 Å². The average Bonchev–Trinajstić information content (AvgIpc) is 2.49. The summed E-state index contributed by atoms with van der Waals surface area (Å²) < 4.78 is 11.8. The average molecular weight is 304 g/mol. The van der Waals surface area contributed by atoms with Crippen LogP contribution in [-0.2, 0) is 0 Å². The van der Waals surface area contributed by atoms with Crippen molar-refractivity contribution in [3.8, 4) is 11.5 Å². The van der Waals surface area contributed by atoms with Gasteiger partial charge in [-0.3, -0.25) is 0 Å². The third-order valence-corrected chi connectivity index (χ3v) is 3.91. The standard InChI is InChI=1S/C17H18ClNO2/c1-2-20-15-6-4-3-5-12(15)17-10-14(19)13-9-11(18)7-8-16(13)21-17/h3-9,14,17H,2,10,19H2,1H3. The van der Waals surface area contributed by atoms with E-state index < -0.39 is 0 Å². The zero-order valence-corrected chi connectivity index (χ0v) is 12.6. The van der Waals surface area contributed by atoms with Crippen LogP contribution < -0.4 is 15.2 Å². The fraction of sp³-hybridized carbons (Fsp3) is 0.294. The monoisotopic (exact) mass is 303 g/mol. The van der Waals surface area contributed by atoms with Gasteiger partial charge in [-0.05, 0) is 31.2 Å². The maximum absolute atomic E-state index is 6.29. The van der Waals surface area contributed by atoms with Gasteiger partial charge in [-0.2, -0.15) is 0 Å². The molecule has 0 radical (unpaired) electrons. The number of hydrogen-bond donors (Lipinski definition) is 1. The van der Waals surface area contributed by atoms with Crippen molar-refractivity contribution in [3.63, 3.8) is 0 Å². The topological polar surface area (TPSA) is 44.5 Å². The van der Waals surface area contributed by atoms with Gasteiger partial charge in [0.15, 0.2) is 0 Å². The Morgan fingerprint density at radius 3 is 2.86 bits per heavy atom. The van der Waals surface area contributed by atoms with Crippen LogP contribution in [0.25, 0.3) is 0 Å². The summed E-state index contributed by atoms with van der Waals surface area (Å²) in [6, 6.07) is 13.4. The number of fused-ring (bicyclic) bond motifs is 1. The summed E-state index contributed by atoms with van der Waals surface area (Å²) in [5.41, 5.74) is 8.29. The molecule has 3 nitrogen and oxygen atoms in total. The van der Waals surface area contributed by atoms with Crippen LogP contribution in [0, 0.1) is 0 Å². The minimum atomic E-state index is -0.101. The predicted octanol–water partition coefficient (Wildman–Crippen LogP) is 4.26. The van der Waals surface area contributed by atoms with Crippen molar-refractivity contribution in [2.75, 3.05) is 6.61 Å². The molecule has 2 aromatic rings. The first-order valence-electron chi connectivity index (χ1n) is 7.12. The summed E-state index contributed by atoms with van der Waals surface area (Å²) in [6.07, 6.45) is 0.605. The van der Waals surface area contributed by atoms with Gasteiger partial charge >= 0.3 is 0 Å². The number of nitrogens with two attached hydrogens (primary N) is 1. The van der Waals surface area contributed by atoms with E-state index in [0.29, 0.717) is 18.1 Å². The highest BCUT2D eigenvalue weighted by atomic mass is 35.5. The molecule has 0 bridgehead atoms. The van der Waals surface area contributed by atoms with Gasteiger partial charge in [-0.25, -0.2) is 0 Å². The Hall–Kier alpha value is -1.71. The van der Waals surface area contributed by atoms with E-state index in [9.17, 15) is 0 Å². The van der Waals surface area contributed by atoms with Gasteiger partial charge in [0, 0.05) is 28.6 Å². The van der Waals surface area contributed by atoms with Gasteiger partial charge in [0.05, 0.1) is 6.61 Å². The molecule has 2 aromatic carbocycles. The second kappa shape index (κ2) is 5.96. The third kappa shape index (κ3) is 2.85. The molecule has 0 aromatic heterocycles. The largest absolute Gasteiger partial charge is 0.493 e. The Kier molecular flexibility index (Phi) is 4.04. The number of rotatable bonds is 3. The molecule has 1 heterocycles. The van der Waals surface area contributed by atoms with Gasteiger partial charge in [0.25, 0.3) is 0 Å². The summed E-state index contributed by atoms with van der Waals surface area (Å²) in [5, 5.41) is 0.681. The van der Waals surface area contributed by atoms with Gasteiger partial charge < -0.3 is 15.2 Å². The number of hydrogen-bond acceptors (Lipinski definition) is 3. The Morgan fingerprint density at radius 1 is 1.24 bits per heavy atom. The number of para-hydroxylation sites is 1. The van der Waals surface area contributed by atoms with Crippen LogP contribution in [0.3, 0.4) is 0 Å². The summed E-state index contributed by atoms with van der Waals surface area (Å²) >= 11 is 6.03. The molecule has 0 saturated carbocycles. The number of ether oxygens (including phenoxy) is 2. The molecule has 4 heteroatoms. The van der Waals surface area contributed by atoms with Crippen molar-refractivity contribution in [2.45, 2.75) is 25.5 Å². The lowest BCUT2D eigenvalue weighted by atomic mass is 9.93. The van der Waals surface area contributed by atoms with E-state index in [1.165, 1.54) is 0 Å². The first-order chi connectivity index (χ1) is 10.2. The normalized spacial score (nSPS) is 20.5. The highest BCUT2D eigenvalue weighted by Crippen LogP contribution is 2.42. The van der Waals surface area contributed by atoms with Crippen LogP contribution in [0.4, 0.5) is 0 Å². The van der Waals surface area contributed by atoms with E-state index >= 15 is 0 Å². The molecule has 0 spiro atoms. The Bertz CT molecular complexity index is 644. The molecule has 2 N–H and O–H groups in total. The van der Waals surface area contributed by atoms with Gasteiger partial charge in [0.1, 0.15) is 17.6 Å². The lowest BCUT2D eigenvalue weighted by molar-refractivity contribution is 0.156. The Morgan fingerprint density at radius 2 is 2.05 bits per heavy atom. The molecule has 1 aliphatic heterocycles. The lowest BCUT2D eigenvalue weighted by Crippen LogP contribution is -2.24. The van der Waals surface area contributed by atoms with E-state index in [1.807, 2.05) is 49.4 Å². The molecular weight excluding hydrogens is 286 g/mol. The van der Waals surface area contributed by atoms with E-state index in [4.69, 9.17) is 26.8 Å². The highest BCUT2D eigenvalue weighted by Gasteiger charge is 2.29. The van der Waals surface area contributed by atoms with Crippen LogP contribution in [0.5, 0.6) is 11.5 Å². The fourth-order valence-corrected chi connectivity index (χ4v) is 2.88.